The first-order valence-corrected chi connectivity index (χ1v) is 23.7. The van der Waals surface area contributed by atoms with Crippen LogP contribution in [0.25, 0.3) is 68.7 Å². The molecular weight excluding hydrogens is 729 g/mol. The van der Waals surface area contributed by atoms with Gasteiger partial charge in [0.05, 0.1) is 22.8 Å². The predicted octanol–water partition coefficient (Wildman–Crippen LogP) is 14.5. The average Bonchev–Trinajstić information content (AvgIpc) is 4.09. The van der Waals surface area contributed by atoms with Gasteiger partial charge in [0.15, 0.2) is 0 Å². The van der Waals surface area contributed by atoms with Crippen molar-refractivity contribution >= 4 is 68.7 Å². The monoisotopic (exact) mass is 790 g/mol. The van der Waals surface area contributed by atoms with E-state index in [9.17, 15) is 0 Å². The number of rotatable bonds is 4. The van der Waals surface area contributed by atoms with E-state index in [0.717, 1.165) is 72.1 Å². The molecule has 16 bridgehead atoms. The number of nitrogens with one attached hydrogen (secondary N) is 2. The van der Waals surface area contributed by atoms with Crippen LogP contribution in [0.15, 0.2) is 48.6 Å². The number of allylic oxidation sites excluding steroid dienone is 8. The van der Waals surface area contributed by atoms with Crippen molar-refractivity contribution in [3.8, 4) is 0 Å². The fourth-order valence-electron chi connectivity index (χ4n) is 14.9. The van der Waals surface area contributed by atoms with Gasteiger partial charge >= 0.3 is 0 Å². The number of H-pyrrole nitrogens is 2. The quantitative estimate of drug-likeness (QED) is 0.190. The summed E-state index contributed by atoms with van der Waals surface area (Å²) in [6, 6.07) is 9.50. The van der Waals surface area contributed by atoms with Crippen LogP contribution in [0.5, 0.6) is 0 Å². The van der Waals surface area contributed by atoms with Crippen LogP contribution in [-0.4, -0.2) is 19.9 Å². The van der Waals surface area contributed by atoms with Crippen molar-refractivity contribution in [2.45, 2.75) is 107 Å². The molecule has 3 aromatic heterocycles. The van der Waals surface area contributed by atoms with Crippen LogP contribution in [-0.2, 0) is 0 Å². The van der Waals surface area contributed by atoms with Gasteiger partial charge in [0.1, 0.15) is 0 Å². The maximum atomic E-state index is 5.78. The van der Waals surface area contributed by atoms with E-state index in [4.69, 9.17) is 9.97 Å². The second-order valence-corrected chi connectivity index (χ2v) is 23.3. The summed E-state index contributed by atoms with van der Waals surface area (Å²) in [5.74, 6) is 5.19. The minimum absolute atomic E-state index is 0.290. The lowest BCUT2D eigenvalue weighted by Crippen LogP contribution is -2.47. The number of nitrogens with zero attached hydrogens (tertiary/aromatic N) is 2. The van der Waals surface area contributed by atoms with Gasteiger partial charge in [-0.1, -0.05) is 79.7 Å². The number of fused-ring (bicyclic) bond motifs is 12. The fraction of sp³-hybridized carbons (Fsp3) is 0.500. The molecule has 0 radical (unpaired) electrons. The Balaban J connectivity index is 1.15. The van der Waals surface area contributed by atoms with E-state index in [1.807, 2.05) is 0 Å². The molecule has 0 saturated heterocycles. The summed E-state index contributed by atoms with van der Waals surface area (Å²) in [4.78, 5) is 19.8. The van der Waals surface area contributed by atoms with Crippen LogP contribution < -0.4 is 0 Å². The molecule has 2 aliphatic heterocycles. The molecule has 0 amide bonds. The summed E-state index contributed by atoms with van der Waals surface area (Å²) in [5.41, 5.74) is 21.4. The molecule has 3 aromatic rings. The Morgan fingerprint density at radius 1 is 0.383 bits per heavy atom. The SMILES string of the molecule is CC1(C)C2CC=C(c3c4nc(c(C5=CCC6CC5C6(C)C)c5ccc([nH]5)c(C5=CCC6CC5C6(C)C)c5nc(c(C6=CCC7CC6C7(C)C)c6ccc3[nH]6)C=C5)C=C4)C1C2. The zero-order valence-electron chi connectivity index (χ0n) is 37.1. The summed E-state index contributed by atoms with van der Waals surface area (Å²) >= 11 is 0. The van der Waals surface area contributed by atoms with E-state index >= 15 is 0 Å². The lowest BCUT2D eigenvalue weighted by molar-refractivity contribution is 0.0113. The van der Waals surface area contributed by atoms with Gasteiger partial charge in [0.2, 0.25) is 0 Å². The van der Waals surface area contributed by atoms with Crippen LogP contribution in [0.1, 0.15) is 152 Å². The molecule has 0 spiro atoms. The van der Waals surface area contributed by atoms with E-state index < -0.39 is 0 Å². The van der Waals surface area contributed by atoms with Gasteiger partial charge in [-0.25, -0.2) is 9.97 Å². The molecule has 5 heterocycles. The molecule has 306 valence electrons. The first kappa shape index (κ1) is 36.2. The molecule has 8 atom stereocenters. The molecule has 14 aliphatic rings. The predicted molar refractivity (Wildman–Crippen MR) is 251 cm³/mol. The molecule has 8 unspecified atom stereocenters. The van der Waals surface area contributed by atoms with E-state index in [0.29, 0.717) is 23.7 Å². The van der Waals surface area contributed by atoms with Crippen molar-refractivity contribution in [2.24, 2.45) is 69.0 Å². The second-order valence-electron chi connectivity index (χ2n) is 23.3. The van der Waals surface area contributed by atoms with E-state index in [2.05, 4.69) is 138 Å². The molecular formula is C56H62N4. The van der Waals surface area contributed by atoms with E-state index in [-0.39, 0.29) is 21.7 Å². The minimum atomic E-state index is 0.290. The first-order chi connectivity index (χ1) is 28.7. The zero-order valence-corrected chi connectivity index (χ0v) is 37.1. The number of aromatic amines is 2. The molecule has 4 fully saturated rings. The summed E-state index contributed by atoms with van der Waals surface area (Å²) in [6.45, 7) is 20.0. The Morgan fingerprint density at radius 2 is 0.617 bits per heavy atom. The van der Waals surface area contributed by atoms with E-state index in [1.54, 1.807) is 0 Å². The van der Waals surface area contributed by atoms with Gasteiger partial charge in [-0.15, -0.1) is 0 Å². The van der Waals surface area contributed by atoms with Crippen LogP contribution in [0, 0.1) is 69.0 Å². The highest BCUT2D eigenvalue weighted by atomic mass is 14.8. The Morgan fingerprint density at radius 3 is 0.817 bits per heavy atom. The second kappa shape index (κ2) is 11.7. The molecule has 12 aliphatic carbocycles. The number of hydrogen-bond donors (Lipinski definition) is 2. The smallest absolute Gasteiger partial charge is 0.0733 e. The van der Waals surface area contributed by atoms with Gasteiger partial charge < -0.3 is 9.97 Å². The number of aromatic nitrogens is 4. The summed E-state index contributed by atoms with van der Waals surface area (Å²) < 4.78 is 0. The van der Waals surface area contributed by atoms with Crippen molar-refractivity contribution in [3.05, 3.63) is 93.6 Å². The van der Waals surface area contributed by atoms with Gasteiger partial charge in [-0.05, 0) is 191 Å². The van der Waals surface area contributed by atoms with Crippen LogP contribution in [0.2, 0.25) is 0 Å². The van der Waals surface area contributed by atoms with Gasteiger partial charge in [0.25, 0.3) is 0 Å². The average molecular weight is 791 g/mol. The molecule has 4 saturated carbocycles. The normalized spacial score (nSPS) is 33.6. The highest BCUT2D eigenvalue weighted by molar-refractivity contribution is 5.97. The van der Waals surface area contributed by atoms with Crippen LogP contribution >= 0.6 is 0 Å². The third-order valence-electron chi connectivity index (χ3n) is 19.8. The van der Waals surface area contributed by atoms with Crippen LogP contribution in [0.3, 0.4) is 0 Å². The lowest BCUT2D eigenvalue weighted by atomic mass is 9.48. The van der Waals surface area contributed by atoms with Gasteiger partial charge in [-0.3, -0.25) is 0 Å². The molecule has 4 nitrogen and oxygen atoms in total. The summed E-state index contributed by atoms with van der Waals surface area (Å²) in [5, 5.41) is 0. The van der Waals surface area contributed by atoms with Crippen molar-refractivity contribution in [2.75, 3.05) is 0 Å². The maximum Gasteiger partial charge on any atom is 0.0733 e. The third-order valence-corrected chi connectivity index (χ3v) is 19.8. The standard InChI is InChI=1S/C56H62N4/c1-53(2)29-9-13-33(37(53)25-29)49-41-17-19-43(57-41)50(34-14-10-30-26-38(34)54(30,3)4)45-21-23-47(59-45)52(36-16-12-32-28-40(36)56(32,7)8)48-24-22-46(60-48)51(44-20-18-42(49)58-44)35-15-11-31-27-39(35)55(31,5)6/h13-24,29-32,37-40,57,60H,9-12,25-28H2,1-8H3. The summed E-state index contributed by atoms with van der Waals surface area (Å²) in [6.07, 6.45) is 29.4. The van der Waals surface area contributed by atoms with Crippen molar-refractivity contribution in [1.82, 2.24) is 19.9 Å². The Hall–Kier alpha value is -4.44. The summed E-state index contributed by atoms with van der Waals surface area (Å²) in [7, 11) is 0. The Bertz CT molecular complexity index is 2460. The van der Waals surface area contributed by atoms with Crippen LogP contribution in [0.4, 0.5) is 0 Å². The van der Waals surface area contributed by atoms with Crippen molar-refractivity contribution in [3.63, 3.8) is 0 Å². The molecule has 17 rings (SSSR count). The Kier molecular flexibility index (Phi) is 7.08. The minimum Gasteiger partial charge on any atom is -0.354 e. The third kappa shape index (κ3) is 4.59. The molecule has 60 heavy (non-hydrogen) atoms. The van der Waals surface area contributed by atoms with Crippen molar-refractivity contribution < 1.29 is 0 Å². The first-order valence-electron chi connectivity index (χ1n) is 23.7. The molecule has 0 aromatic carbocycles. The fourth-order valence-corrected chi connectivity index (χ4v) is 14.9. The molecule has 2 N–H and O–H groups in total. The van der Waals surface area contributed by atoms with Gasteiger partial charge in [-0.2, -0.15) is 0 Å². The lowest BCUT2D eigenvalue weighted by Gasteiger charge is -2.56. The molecule has 4 heteroatoms. The highest BCUT2D eigenvalue weighted by Gasteiger charge is 2.55. The topological polar surface area (TPSA) is 57.4 Å². The van der Waals surface area contributed by atoms with Gasteiger partial charge in [0, 0.05) is 44.3 Å². The number of hydrogen-bond acceptors (Lipinski definition) is 2. The highest BCUT2D eigenvalue weighted by Crippen LogP contribution is 2.66. The van der Waals surface area contributed by atoms with Crippen molar-refractivity contribution in [1.29, 1.82) is 0 Å². The largest absolute Gasteiger partial charge is 0.354 e. The zero-order chi connectivity index (χ0) is 40.8. The Labute approximate surface area is 356 Å². The van der Waals surface area contributed by atoms with E-state index in [1.165, 1.54) is 92.3 Å². The maximum absolute atomic E-state index is 5.78.